The van der Waals surface area contributed by atoms with Crippen LogP contribution in [0.15, 0.2) is 4.99 Å². The molecule has 9 heteroatoms. The van der Waals surface area contributed by atoms with E-state index in [0.717, 1.165) is 6.42 Å². The minimum absolute atomic E-state index is 0.115. The Morgan fingerprint density at radius 3 is 2.68 bits per heavy atom. The molecule has 0 saturated carbocycles. The lowest BCUT2D eigenvalue weighted by Crippen LogP contribution is -2.64. The molecule has 2 fully saturated rings. The van der Waals surface area contributed by atoms with Gasteiger partial charge in [0.25, 0.3) is 5.91 Å². The van der Waals surface area contributed by atoms with Crippen LogP contribution in [-0.4, -0.2) is 93.5 Å². The second-order valence-corrected chi connectivity index (χ2v) is 6.88. The van der Waals surface area contributed by atoms with Crippen LogP contribution in [0.3, 0.4) is 0 Å². The second kappa shape index (κ2) is 6.62. The van der Waals surface area contributed by atoms with Crippen molar-refractivity contribution in [1.82, 2.24) is 19.6 Å². The van der Waals surface area contributed by atoms with E-state index in [4.69, 9.17) is 0 Å². The number of urea groups is 1. The third-order valence-corrected chi connectivity index (χ3v) is 5.01. The first-order valence-electron chi connectivity index (χ1n) is 8.71. The van der Waals surface area contributed by atoms with Crippen LogP contribution < -0.4 is 0 Å². The van der Waals surface area contributed by atoms with Gasteiger partial charge in [-0.1, -0.05) is 0 Å². The van der Waals surface area contributed by atoms with Crippen LogP contribution in [0, 0.1) is 0 Å². The highest BCUT2D eigenvalue weighted by Gasteiger charge is 2.54. The molecule has 0 bridgehead atoms. The van der Waals surface area contributed by atoms with Crippen molar-refractivity contribution in [2.45, 2.75) is 51.4 Å². The Morgan fingerprint density at radius 1 is 1.32 bits per heavy atom. The number of amides is 4. The Hall–Kier alpha value is -2.16. The lowest BCUT2D eigenvalue weighted by molar-refractivity contribution is -0.137. The molecular formula is C16H25N5O4. The van der Waals surface area contributed by atoms with Crippen LogP contribution in [-0.2, 0) is 9.59 Å². The molecule has 3 heterocycles. The van der Waals surface area contributed by atoms with E-state index in [9.17, 15) is 19.5 Å². The number of aliphatic hydroxyl groups excluding tert-OH is 1. The van der Waals surface area contributed by atoms with Crippen LogP contribution in [0.25, 0.3) is 0 Å². The van der Waals surface area contributed by atoms with E-state index in [1.165, 1.54) is 16.7 Å². The van der Waals surface area contributed by atoms with Gasteiger partial charge in [0.15, 0.2) is 12.2 Å². The van der Waals surface area contributed by atoms with Crippen molar-refractivity contribution in [3.8, 4) is 0 Å². The average Bonchev–Trinajstić information content (AvgIpc) is 3.10. The highest BCUT2D eigenvalue weighted by Crippen LogP contribution is 2.31. The first-order valence-corrected chi connectivity index (χ1v) is 8.71. The number of aliphatic imine (C=N–C) groups is 1. The Morgan fingerprint density at radius 2 is 2.04 bits per heavy atom. The molecule has 3 atom stereocenters. The van der Waals surface area contributed by atoms with Gasteiger partial charge in [-0.2, -0.15) is 0 Å². The highest BCUT2D eigenvalue weighted by atomic mass is 16.3. The van der Waals surface area contributed by atoms with Gasteiger partial charge in [0, 0.05) is 33.6 Å². The molecule has 1 N–H and O–H groups in total. The lowest BCUT2D eigenvalue weighted by Gasteiger charge is -2.40. The van der Waals surface area contributed by atoms with Crippen molar-refractivity contribution < 1.29 is 19.5 Å². The number of carbonyl (C=O) groups excluding carboxylic acids is 3. The Kier molecular flexibility index (Phi) is 4.68. The molecule has 3 aliphatic rings. The third-order valence-electron chi connectivity index (χ3n) is 5.01. The SMILES string of the molecule is CC(=O)N1CCN2C1=NC1C2C(=O)N(CCCC[C@@H](C)O)C(=O)N1C. The van der Waals surface area contributed by atoms with Crippen molar-refractivity contribution in [1.29, 1.82) is 0 Å². The molecular weight excluding hydrogens is 326 g/mol. The molecule has 9 nitrogen and oxygen atoms in total. The monoisotopic (exact) mass is 351 g/mol. The van der Waals surface area contributed by atoms with Crippen LogP contribution in [0.1, 0.15) is 33.1 Å². The molecule has 2 saturated heterocycles. The minimum Gasteiger partial charge on any atom is -0.393 e. The number of likely N-dealkylation sites (N-methyl/N-ethyl adjacent to an activating group) is 1. The quantitative estimate of drug-likeness (QED) is 0.684. The van der Waals surface area contributed by atoms with Crippen LogP contribution in [0.5, 0.6) is 0 Å². The topological polar surface area (TPSA) is 96.8 Å². The molecule has 0 aromatic heterocycles. The number of guanidine groups is 1. The first kappa shape index (κ1) is 17.7. The summed E-state index contributed by atoms with van der Waals surface area (Å²) in [4.78, 5) is 47.8. The maximum atomic E-state index is 12.9. The van der Waals surface area contributed by atoms with Crippen molar-refractivity contribution in [3.63, 3.8) is 0 Å². The van der Waals surface area contributed by atoms with Crippen LogP contribution >= 0.6 is 0 Å². The lowest BCUT2D eigenvalue weighted by atomic mass is 10.1. The van der Waals surface area contributed by atoms with Crippen molar-refractivity contribution >= 4 is 23.8 Å². The third kappa shape index (κ3) is 2.97. The first-order chi connectivity index (χ1) is 11.8. The predicted octanol–water partition coefficient (Wildman–Crippen LogP) is -0.340. The molecule has 0 aliphatic carbocycles. The van der Waals surface area contributed by atoms with Gasteiger partial charge in [0.05, 0.1) is 6.10 Å². The number of unbranched alkanes of at least 4 members (excludes halogenated alkanes) is 1. The molecule has 4 amide bonds. The zero-order valence-corrected chi connectivity index (χ0v) is 14.9. The molecule has 3 aliphatic heterocycles. The fourth-order valence-corrected chi connectivity index (χ4v) is 3.65. The summed E-state index contributed by atoms with van der Waals surface area (Å²) < 4.78 is 0. The molecule has 138 valence electrons. The molecule has 0 radical (unpaired) electrons. The maximum absolute atomic E-state index is 12.9. The summed E-state index contributed by atoms with van der Waals surface area (Å²) in [6, 6.07) is -0.915. The molecule has 3 rings (SSSR count). The van der Waals surface area contributed by atoms with E-state index >= 15 is 0 Å². The number of fused-ring (bicyclic) bond motifs is 3. The average molecular weight is 351 g/mol. The molecule has 2 unspecified atom stereocenters. The number of hydrogen-bond acceptors (Lipinski definition) is 6. The predicted molar refractivity (Wildman–Crippen MR) is 89.5 cm³/mol. The maximum Gasteiger partial charge on any atom is 0.328 e. The van der Waals surface area contributed by atoms with Gasteiger partial charge in [-0.3, -0.25) is 19.4 Å². The fraction of sp³-hybridized carbons (Fsp3) is 0.750. The van der Waals surface area contributed by atoms with Gasteiger partial charge in [0.2, 0.25) is 11.9 Å². The van der Waals surface area contributed by atoms with Crippen molar-refractivity contribution in [2.24, 2.45) is 4.99 Å². The standard InChI is InChI=1S/C16H25N5O4/c1-10(22)6-4-5-7-21-14(24)12-13(18(3)16(21)25)17-15-19(11(2)23)8-9-20(12)15/h10,12-13,22H,4-9H2,1-3H3/t10-,12?,13?/m1/s1. The number of imide groups is 1. The summed E-state index contributed by atoms with van der Waals surface area (Å²) in [5.41, 5.74) is 0. The molecule has 25 heavy (non-hydrogen) atoms. The minimum atomic E-state index is -0.578. The number of aliphatic hydroxyl groups is 1. The zero-order valence-electron chi connectivity index (χ0n) is 14.9. The summed E-state index contributed by atoms with van der Waals surface area (Å²) in [5, 5.41) is 9.32. The summed E-state index contributed by atoms with van der Waals surface area (Å²) in [7, 11) is 1.64. The van der Waals surface area contributed by atoms with Crippen molar-refractivity contribution in [3.05, 3.63) is 0 Å². The summed E-state index contributed by atoms with van der Waals surface area (Å²) in [6.45, 7) is 4.58. The van der Waals surface area contributed by atoms with Gasteiger partial charge < -0.3 is 14.9 Å². The van der Waals surface area contributed by atoms with Crippen LogP contribution in [0.4, 0.5) is 4.79 Å². The van der Waals surface area contributed by atoms with Crippen LogP contribution in [0.2, 0.25) is 0 Å². The number of carbonyl (C=O) groups is 3. The summed E-state index contributed by atoms with van der Waals surface area (Å²) in [5.74, 6) is 0.122. The summed E-state index contributed by atoms with van der Waals surface area (Å²) in [6.07, 6.45) is 1.08. The van der Waals surface area contributed by atoms with E-state index in [1.807, 2.05) is 4.90 Å². The number of nitrogens with zero attached hydrogens (tertiary/aromatic N) is 5. The van der Waals surface area contributed by atoms with Gasteiger partial charge in [-0.25, -0.2) is 9.79 Å². The Balaban J connectivity index is 1.73. The normalized spacial score (nSPS) is 26.8. The number of rotatable bonds is 5. The second-order valence-electron chi connectivity index (χ2n) is 6.88. The Bertz CT molecular complexity index is 620. The van der Waals surface area contributed by atoms with E-state index in [2.05, 4.69) is 4.99 Å². The van der Waals surface area contributed by atoms with Gasteiger partial charge in [-0.05, 0) is 26.2 Å². The van der Waals surface area contributed by atoms with Gasteiger partial charge >= 0.3 is 6.03 Å². The van der Waals surface area contributed by atoms with Crippen molar-refractivity contribution in [2.75, 3.05) is 26.7 Å². The smallest absolute Gasteiger partial charge is 0.328 e. The molecule has 0 aromatic rings. The van der Waals surface area contributed by atoms with E-state index in [1.54, 1.807) is 18.9 Å². The molecule has 0 spiro atoms. The van der Waals surface area contributed by atoms with Gasteiger partial charge in [0.1, 0.15) is 0 Å². The number of hydrogen-bond donors (Lipinski definition) is 1. The van der Waals surface area contributed by atoms with E-state index in [0.29, 0.717) is 38.4 Å². The van der Waals surface area contributed by atoms with Gasteiger partial charge in [-0.15, -0.1) is 0 Å². The fourth-order valence-electron chi connectivity index (χ4n) is 3.65. The molecule has 0 aromatic carbocycles. The van der Waals surface area contributed by atoms with E-state index in [-0.39, 0.29) is 23.9 Å². The largest absolute Gasteiger partial charge is 0.393 e. The zero-order chi connectivity index (χ0) is 18.3. The Labute approximate surface area is 146 Å². The van der Waals surface area contributed by atoms with E-state index < -0.39 is 12.2 Å². The summed E-state index contributed by atoms with van der Waals surface area (Å²) >= 11 is 0. The highest BCUT2D eigenvalue weighted by molar-refractivity contribution is 6.06.